The lowest BCUT2D eigenvalue weighted by molar-refractivity contribution is -0.1000. The first-order chi connectivity index (χ1) is 11.4. The Bertz CT molecular complexity index is 455. The van der Waals surface area contributed by atoms with Gasteiger partial charge in [-0.25, -0.2) is 0 Å². The first-order valence-corrected chi connectivity index (χ1v) is 11.5. The zero-order valence-electron chi connectivity index (χ0n) is 16.4. The summed E-state index contributed by atoms with van der Waals surface area (Å²) in [5.74, 6) is 7.81. The molecule has 9 atom stereocenters. The molecule has 0 aliphatic heterocycles. The largest absolute Gasteiger partial charge is 0.123 e. The van der Waals surface area contributed by atoms with Crippen molar-refractivity contribution in [1.82, 2.24) is 0 Å². The van der Waals surface area contributed by atoms with Gasteiger partial charge in [0.05, 0.1) is 0 Å². The summed E-state index contributed by atoms with van der Waals surface area (Å²) in [6.45, 7) is 9.88. The normalized spacial score (nSPS) is 52.5. The molecule has 0 N–H and O–H groups in total. The molecular formula is C23H39Cl. The summed E-state index contributed by atoms with van der Waals surface area (Å²) in [6.07, 6.45) is 13.5. The van der Waals surface area contributed by atoms with E-state index in [1.54, 1.807) is 6.42 Å². The van der Waals surface area contributed by atoms with Crippen LogP contribution in [-0.2, 0) is 0 Å². The van der Waals surface area contributed by atoms with E-state index < -0.39 is 0 Å². The highest BCUT2D eigenvalue weighted by Gasteiger charge is 2.56. The molecule has 4 saturated carbocycles. The Kier molecular flexibility index (Phi) is 4.77. The minimum atomic E-state index is 0.393. The van der Waals surface area contributed by atoms with Gasteiger partial charge < -0.3 is 0 Å². The van der Waals surface area contributed by atoms with Crippen LogP contribution < -0.4 is 0 Å². The van der Waals surface area contributed by atoms with Crippen molar-refractivity contribution in [2.24, 2.45) is 52.8 Å². The number of rotatable bonds is 2. The lowest BCUT2D eigenvalue weighted by atomic mass is 9.46. The molecule has 9 unspecified atom stereocenters. The van der Waals surface area contributed by atoms with Crippen molar-refractivity contribution < 1.29 is 0 Å². The highest BCUT2D eigenvalue weighted by molar-refractivity contribution is 6.20. The van der Waals surface area contributed by atoms with Gasteiger partial charge in [0.25, 0.3) is 0 Å². The number of alkyl halides is 1. The first-order valence-electron chi connectivity index (χ1n) is 11.1. The SMILES string of the molecule is CC(C)C1CCC2(C)C(CCC3C4CCC(C(C)Cl)C4CCC32)C1. The predicted octanol–water partition coefficient (Wildman–Crippen LogP) is 7.15. The third kappa shape index (κ3) is 2.69. The van der Waals surface area contributed by atoms with Crippen molar-refractivity contribution in [2.75, 3.05) is 0 Å². The molecule has 0 saturated heterocycles. The van der Waals surface area contributed by atoms with E-state index in [0.29, 0.717) is 10.8 Å². The number of hydrogen-bond donors (Lipinski definition) is 0. The van der Waals surface area contributed by atoms with Crippen LogP contribution in [0.3, 0.4) is 0 Å². The molecule has 138 valence electrons. The van der Waals surface area contributed by atoms with Crippen molar-refractivity contribution in [3.63, 3.8) is 0 Å². The average Bonchev–Trinajstić information content (AvgIpc) is 2.98. The quantitative estimate of drug-likeness (QED) is 0.463. The minimum Gasteiger partial charge on any atom is -0.123 e. The van der Waals surface area contributed by atoms with E-state index in [1.807, 2.05) is 0 Å². The Balaban J connectivity index is 1.52. The molecule has 0 bridgehead atoms. The maximum atomic E-state index is 6.56. The fourth-order valence-corrected chi connectivity index (χ4v) is 8.48. The van der Waals surface area contributed by atoms with Crippen LogP contribution in [0.4, 0.5) is 0 Å². The Morgan fingerprint density at radius 2 is 1.54 bits per heavy atom. The number of halogens is 1. The molecule has 1 heteroatoms. The summed E-state index contributed by atoms with van der Waals surface area (Å²) in [5, 5.41) is 0.393. The Labute approximate surface area is 155 Å². The fraction of sp³-hybridized carbons (Fsp3) is 1.00. The molecule has 0 heterocycles. The van der Waals surface area contributed by atoms with Crippen LogP contribution in [0.25, 0.3) is 0 Å². The van der Waals surface area contributed by atoms with Crippen LogP contribution in [0.2, 0.25) is 0 Å². The van der Waals surface area contributed by atoms with Crippen LogP contribution in [0.5, 0.6) is 0 Å². The van der Waals surface area contributed by atoms with E-state index in [4.69, 9.17) is 11.6 Å². The van der Waals surface area contributed by atoms with E-state index in [-0.39, 0.29) is 0 Å². The summed E-state index contributed by atoms with van der Waals surface area (Å²) < 4.78 is 0. The van der Waals surface area contributed by atoms with Gasteiger partial charge in [0.2, 0.25) is 0 Å². The summed E-state index contributed by atoms with van der Waals surface area (Å²) in [5.41, 5.74) is 0.671. The van der Waals surface area contributed by atoms with Crippen LogP contribution in [0.15, 0.2) is 0 Å². The maximum absolute atomic E-state index is 6.56. The van der Waals surface area contributed by atoms with Crippen LogP contribution in [0, 0.1) is 52.8 Å². The Morgan fingerprint density at radius 1 is 0.833 bits per heavy atom. The van der Waals surface area contributed by atoms with Gasteiger partial charge in [0, 0.05) is 5.38 Å². The third-order valence-electron chi connectivity index (χ3n) is 9.61. The van der Waals surface area contributed by atoms with Gasteiger partial charge in [-0.15, -0.1) is 11.6 Å². The van der Waals surface area contributed by atoms with Gasteiger partial charge in [-0.1, -0.05) is 20.8 Å². The van der Waals surface area contributed by atoms with Gasteiger partial charge in [0.1, 0.15) is 0 Å². The summed E-state index contributed by atoms with van der Waals surface area (Å²) in [4.78, 5) is 0. The highest BCUT2D eigenvalue weighted by Crippen LogP contribution is 2.65. The average molecular weight is 351 g/mol. The monoisotopic (exact) mass is 350 g/mol. The van der Waals surface area contributed by atoms with Crippen LogP contribution in [0.1, 0.15) is 85.5 Å². The number of hydrogen-bond acceptors (Lipinski definition) is 0. The van der Waals surface area contributed by atoms with Gasteiger partial charge in [-0.3, -0.25) is 0 Å². The second-order valence-electron chi connectivity index (χ2n) is 10.7. The van der Waals surface area contributed by atoms with E-state index in [2.05, 4.69) is 27.7 Å². The standard InChI is InChI=1S/C23H39Cl/c1-14(2)16-11-12-23(4)17(13-16)5-6-21-20-8-7-18(15(3)24)19(20)9-10-22(21)23/h14-22H,5-13H2,1-4H3. The maximum Gasteiger partial charge on any atom is 0.0338 e. The topological polar surface area (TPSA) is 0 Å². The summed E-state index contributed by atoms with van der Waals surface area (Å²) >= 11 is 6.56. The van der Waals surface area contributed by atoms with Crippen LogP contribution in [-0.4, -0.2) is 5.38 Å². The molecule has 0 aromatic heterocycles. The molecule has 4 aliphatic rings. The minimum absolute atomic E-state index is 0.393. The molecule has 0 radical (unpaired) electrons. The van der Waals surface area contributed by atoms with Gasteiger partial charge in [0.15, 0.2) is 0 Å². The van der Waals surface area contributed by atoms with Crippen molar-refractivity contribution in [3.05, 3.63) is 0 Å². The van der Waals surface area contributed by atoms with E-state index in [9.17, 15) is 0 Å². The first kappa shape index (κ1) is 17.7. The summed E-state index contributed by atoms with van der Waals surface area (Å²) in [6, 6.07) is 0. The molecule has 0 spiro atoms. The third-order valence-corrected chi connectivity index (χ3v) is 9.94. The molecule has 0 aromatic rings. The highest BCUT2D eigenvalue weighted by atomic mass is 35.5. The number of fused-ring (bicyclic) bond motifs is 5. The molecule has 24 heavy (non-hydrogen) atoms. The molecule has 4 rings (SSSR count). The molecular weight excluding hydrogens is 312 g/mol. The molecule has 0 aromatic carbocycles. The van der Waals surface area contributed by atoms with Crippen molar-refractivity contribution in [1.29, 1.82) is 0 Å². The molecule has 4 fully saturated rings. The molecule has 4 aliphatic carbocycles. The second-order valence-corrected chi connectivity index (χ2v) is 11.3. The Hall–Kier alpha value is 0.290. The van der Waals surface area contributed by atoms with Gasteiger partial charge >= 0.3 is 0 Å². The predicted molar refractivity (Wildman–Crippen MR) is 104 cm³/mol. The Morgan fingerprint density at radius 3 is 2.25 bits per heavy atom. The molecule has 0 amide bonds. The van der Waals surface area contributed by atoms with Gasteiger partial charge in [-0.05, 0) is 117 Å². The van der Waals surface area contributed by atoms with Crippen LogP contribution >= 0.6 is 11.6 Å². The van der Waals surface area contributed by atoms with Crippen molar-refractivity contribution in [2.45, 2.75) is 90.9 Å². The lowest BCUT2D eigenvalue weighted by Gasteiger charge is -2.59. The second kappa shape index (κ2) is 6.47. The van der Waals surface area contributed by atoms with E-state index in [1.165, 1.54) is 51.4 Å². The summed E-state index contributed by atoms with van der Waals surface area (Å²) in [7, 11) is 0. The fourth-order valence-electron chi connectivity index (χ4n) is 8.17. The zero-order valence-corrected chi connectivity index (χ0v) is 17.2. The smallest absolute Gasteiger partial charge is 0.0338 e. The van der Waals surface area contributed by atoms with Crippen molar-refractivity contribution >= 4 is 11.6 Å². The lowest BCUT2D eigenvalue weighted by Crippen LogP contribution is -2.51. The zero-order chi connectivity index (χ0) is 17.1. The van der Waals surface area contributed by atoms with Crippen molar-refractivity contribution in [3.8, 4) is 0 Å². The van der Waals surface area contributed by atoms with E-state index in [0.717, 1.165) is 47.3 Å². The molecule has 0 nitrogen and oxygen atoms in total. The van der Waals surface area contributed by atoms with E-state index >= 15 is 0 Å². The van der Waals surface area contributed by atoms with Gasteiger partial charge in [-0.2, -0.15) is 0 Å².